The maximum Gasteiger partial charge on any atom is 0.251 e. The van der Waals surface area contributed by atoms with Gasteiger partial charge in [0.15, 0.2) is 4.21 Å². The van der Waals surface area contributed by atoms with Crippen LogP contribution in [0.15, 0.2) is 16.6 Å². The molecule has 0 bridgehead atoms. The molecule has 0 radical (unpaired) electrons. The van der Waals surface area contributed by atoms with Gasteiger partial charge in [-0.1, -0.05) is 0 Å². The topological polar surface area (TPSA) is 114 Å². The van der Waals surface area contributed by atoms with Gasteiger partial charge in [-0.2, -0.15) is 5.10 Å². The lowest BCUT2D eigenvalue weighted by molar-refractivity contribution is 0.583. The molecule has 0 unspecified atom stereocenters. The van der Waals surface area contributed by atoms with Gasteiger partial charge in [0.25, 0.3) is 10.0 Å². The molecular formula is C8H11N5O2S2. The van der Waals surface area contributed by atoms with E-state index in [-0.39, 0.29) is 10.8 Å². The number of hydrogen-bond donors (Lipinski definition) is 3. The summed E-state index contributed by atoms with van der Waals surface area (Å²) in [7, 11) is -3.52. The monoisotopic (exact) mass is 273 g/mol. The van der Waals surface area contributed by atoms with Crippen LogP contribution in [0.3, 0.4) is 0 Å². The van der Waals surface area contributed by atoms with Gasteiger partial charge >= 0.3 is 0 Å². The summed E-state index contributed by atoms with van der Waals surface area (Å²) in [6, 6.07) is 0. The van der Waals surface area contributed by atoms with Crippen molar-refractivity contribution in [3.05, 3.63) is 23.0 Å². The Kier molecular flexibility index (Phi) is 3.13. The van der Waals surface area contributed by atoms with E-state index >= 15 is 0 Å². The summed E-state index contributed by atoms with van der Waals surface area (Å²) in [5, 5.41) is 6.94. The van der Waals surface area contributed by atoms with E-state index in [0.29, 0.717) is 16.4 Å². The second-order valence-electron chi connectivity index (χ2n) is 3.33. The maximum absolute atomic E-state index is 11.8. The summed E-state index contributed by atoms with van der Waals surface area (Å²) in [6.07, 6.45) is 2.82. The number of anilines is 1. The van der Waals surface area contributed by atoms with Gasteiger partial charge in [0, 0.05) is 12.1 Å². The Bertz CT molecular complexity index is 615. The Morgan fingerprint density at radius 1 is 1.53 bits per heavy atom. The minimum atomic E-state index is -3.52. The summed E-state index contributed by atoms with van der Waals surface area (Å²) in [4.78, 5) is 3.90. The average molecular weight is 273 g/mol. The summed E-state index contributed by atoms with van der Waals surface area (Å²) in [5.74, 6) is 0.355. The molecule has 0 aliphatic rings. The fourth-order valence-electron chi connectivity index (χ4n) is 1.17. The van der Waals surface area contributed by atoms with Crippen LogP contribution in [0.1, 0.15) is 10.6 Å². The highest BCUT2D eigenvalue weighted by molar-refractivity contribution is 7.91. The van der Waals surface area contributed by atoms with Crippen molar-refractivity contribution in [3.8, 4) is 0 Å². The van der Waals surface area contributed by atoms with Gasteiger partial charge < -0.3 is 5.73 Å². The lowest BCUT2D eigenvalue weighted by Gasteiger charge is -2.02. The van der Waals surface area contributed by atoms with E-state index in [4.69, 9.17) is 5.73 Å². The Hall–Kier alpha value is -1.45. The zero-order valence-corrected chi connectivity index (χ0v) is 10.6. The van der Waals surface area contributed by atoms with E-state index in [1.54, 1.807) is 6.92 Å². The van der Waals surface area contributed by atoms with Gasteiger partial charge in [-0.15, -0.1) is 11.3 Å². The first-order chi connectivity index (χ1) is 7.99. The lowest BCUT2D eigenvalue weighted by atomic mass is 10.3. The van der Waals surface area contributed by atoms with Gasteiger partial charge in [0.05, 0.1) is 17.4 Å². The van der Waals surface area contributed by atoms with E-state index in [1.807, 2.05) is 0 Å². The van der Waals surface area contributed by atoms with Gasteiger partial charge in [-0.25, -0.2) is 18.1 Å². The molecule has 0 spiro atoms. The fraction of sp³-hybridized carbons (Fsp3) is 0.250. The van der Waals surface area contributed by atoms with Gasteiger partial charge in [0.2, 0.25) is 0 Å². The third kappa shape index (κ3) is 2.62. The van der Waals surface area contributed by atoms with Crippen LogP contribution in [0.4, 0.5) is 5.82 Å². The Labute approximate surface area is 102 Å². The van der Waals surface area contributed by atoms with Gasteiger partial charge in [-0.05, 0) is 6.92 Å². The standard InChI is InChI=1S/C8H11N5O2S2/c1-5-10-4-7(16-5)17(14,15)12-3-6-2-11-13-8(6)9/h2,4,12H,3H2,1H3,(H3,9,11,13). The number of sulfonamides is 1. The number of thiazole rings is 1. The van der Waals surface area contributed by atoms with Crippen LogP contribution in [-0.2, 0) is 16.6 Å². The van der Waals surface area contributed by atoms with E-state index in [2.05, 4.69) is 19.9 Å². The molecule has 2 rings (SSSR count). The van der Waals surface area contributed by atoms with Crippen molar-refractivity contribution in [3.63, 3.8) is 0 Å². The van der Waals surface area contributed by atoms with Gasteiger partial charge in [0.1, 0.15) is 5.82 Å². The molecule has 0 fully saturated rings. The second-order valence-corrected chi connectivity index (χ2v) is 6.56. The predicted octanol–water partition coefficient (Wildman–Crippen LogP) is 0.235. The summed E-state index contributed by atoms with van der Waals surface area (Å²) < 4.78 is 26.3. The first kappa shape index (κ1) is 12.0. The van der Waals surface area contributed by atoms with Crippen LogP contribution in [0.5, 0.6) is 0 Å². The van der Waals surface area contributed by atoms with E-state index in [0.717, 1.165) is 11.3 Å². The summed E-state index contributed by atoms with van der Waals surface area (Å²) >= 11 is 1.12. The Morgan fingerprint density at radius 2 is 2.29 bits per heavy atom. The van der Waals surface area contributed by atoms with Crippen molar-refractivity contribution in [2.45, 2.75) is 17.7 Å². The number of nitrogen functional groups attached to an aromatic ring is 1. The molecule has 0 saturated heterocycles. The molecule has 92 valence electrons. The average Bonchev–Trinajstić information content (AvgIpc) is 2.85. The smallest absolute Gasteiger partial charge is 0.251 e. The largest absolute Gasteiger partial charge is 0.384 e. The van der Waals surface area contributed by atoms with Crippen LogP contribution in [0, 0.1) is 6.92 Å². The molecule has 0 aliphatic heterocycles. The third-order valence-corrected chi connectivity index (χ3v) is 4.84. The molecule has 2 heterocycles. The molecule has 17 heavy (non-hydrogen) atoms. The first-order valence-electron chi connectivity index (χ1n) is 4.69. The van der Waals surface area contributed by atoms with E-state index in [1.165, 1.54) is 12.4 Å². The number of H-pyrrole nitrogens is 1. The number of aromatic amines is 1. The quantitative estimate of drug-likeness (QED) is 0.738. The minimum absolute atomic E-state index is 0.0988. The molecule has 0 saturated carbocycles. The highest BCUT2D eigenvalue weighted by Gasteiger charge is 2.17. The Morgan fingerprint density at radius 3 is 2.82 bits per heavy atom. The normalized spacial score (nSPS) is 11.8. The highest BCUT2D eigenvalue weighted by atomic mass is 32.2. The molecule has 0 aromatic carbocycles. The van der Waals surface area contributed by atoms with E-state index < -0.39 is 10.0 Å². The van der Waals surface area contributed by atoms with Crippen molar-refractivity contribution in [2.24, 2.45) is 0 Å². The molecule has 4 N–H and O–H groups in total. The number of nitrogens with one attached hydrogen (secondary N) is 2. The molecule has 7 nitrogen and oxygen atoms in total. The first-order valence-corrected chi connectivity index (χ1v) is 6.99. The van der Waals surface area contributed by atoms with Crippen molar-refractivity contribution in [1.29, 1.82) is 0 Å². The molecular weight excluding hydrogens is 262 g/mol. The molecule has 0 atom stereocenters. The number of aromatic nitrogens is 3. The highest BCUT2D eigenvalue weighted by Crippen LogP contribution is 2.18. The molecule has 2 aromatic heterocycles. The Balaban J connectivity index is 2.11. The summed E-state index contributed by atoms with van der Waals surface area (Å²) in [5.41, 5.74) is 6.16. The third-order valence-electron chi connectivity index (χ3n) is 2.07. The lowest BCUT2D eigenvalue weighted by Crippen LogP contribution is -2.22. The number of nitrogens with zero attached hydrogens (tertiary/aromatic N) is 2. The number of hydrogen-bond acceptors (Lipinski definition) is 6. The zero-order chi connectivity index (χ0) is 12.5. The van der Waals surface area contributed by atoms with Crippen molar-refractivity contribution in [1.82, 2.24) is 19.9 Å². The maximum atomic E-state index is 11.8. The number of aryl methyl sites for hydroxylation is 1. The fourth-order valence-corrected chi connectivity index (χ4v) is 3.33. The van der Waals surface area contributed by atoms with Crippen LogP contribution in [0.25, 0.3) is 0 Å². The second kappa shape index (κ2) is 4.43. The minimum Gasteiger partial charge on any atom is -0.384 e. The summed E-state index contributed by atoms with van der Waals surface area (Å²) in [6.45, 7) is 1.85. The van der Waals surface area contributed by atoms with Crippen molar-refractivity contribution < 1.29 is 8.42 Å². The zero-order valence-electron chi connectivity index (χ0n) is 8.97. The van der Waals surface area contributed by atoms with Crippen molar-refractivity contribution >= 4 is 27.2 Å². The van der Waals surface area contributed by atoms with Crippen LogP contribution in [0.2, 0.25) is 0 Å². The van der Waals surface area contributed by atoms with Crippen molar-refractivity contribution in [2.75, 3.05) is 5.73 Å². The van der Waals surface area contributed by atoms with E-state index in [9.17, 15) is 8.42 Å². The molecule has 0 amide bonds. The number of rotatable bonds is 4. The molecule has 2 aromatic rings. The van der Waals surface area contributed by atoms with Crippen LogP contribution >= 0.6 is 11.3 Å². The van der Waals surface area contributed by atoms with Crippen LogP contribution in [-0.4, -0.2) is 23.6 Å². The van der Waals surface area contributed by atoms with Crippen LogP contribution < -0.4 is 10.5 Å². The molecule has 9 heteroatoms. The SMILES string of the molecule is Cc1ncc(S(=O)(=O)NCc2cn[nH]c2N)s1. The predicted molar refractivity (Wildman–Crippen MR) is 63.9 cm³/mol. The number of nitrogens with two attached hydrogens (primary N) is 1. The van der Waals surface area contributed by atoms with Gasteiger partial charge in [-0.3, -0.25) is 5.10 Å². The molecule has 0 aliphatic carbocycles.